The number of carbonyl (C=O) groups is 1. The standard InChI is InChI=1S/C23H32BrN3O3/c1-14(2)10-16-11-18-15(12-19(16)29-5)6-7-17-20(25-22(24)27(17)18)21(28)26-8-9-30-13-23(26,3)4/h11-12,14,17,22H,6-10,13H2,1-5H3. The summed E-state index contributed by atoms with van der Waals surface area (Å²) in [4.78, 5) is 22.5. The maximum Gasteiger partial charge on any atom is 0.270 e. The Morgan fingerprint density at radius 3 is 2.83 bits per heavy atom. The number of halogens is 1. The zero-order chi connectivity index (χ0) is 21.6. The lowest BCUT2D eigenvalue weighted by molar-refractivity contribution is -0.138. The van der Waals surface area contributed by atoms with E-state index in [4.69, 9.17) is 14.5 Å². The van der Waals surface area contributed by atoms with Crippen LogP contribution in [0.3, 0.4) is 0 Å². The van der Waals surface area contributed by atoms with E-state index in [1.54, 1.807) is 7.11 Å². The van der Waals surface area contributed by atoms with Gasteiger partial charge in [0.05, 0.1) is 31.9 Å². The molecule has 1 amide bonds. The quantitative estimate of drug-likeness (QED) is 0.488. The van der Waals surface area contributed by atoms with Crippen molar-refractivity contribution < 1.29 is 14.3 Å². The number of alkyl halides is 1. The number of anilines is 1. The molecule has 3 aliphatic rings. The van der Waals surface area contributed by atoms with Crippen molar-refractivity contribution in [3.8, 4) is 5.75 Å². The van der Waals surface area contributed by atoms with E-state index in [1.165, 1.54) is 11.1 Å². The van der Waals surface area contributed by atoms with E-state index in [2.05, 4.69) is 60.7 Å². The number of hydrogen-bond donors (Lipinski definition) is 0. The smallest absolute Gasteiger partial charge is 0.270 e. The van der Waals surface area contributed by atoms with Gasteiger partial charge in [0, 0.05) is 12.2 Å². The normalized spacial score (nSPS) is 25.1. The van der Waals surface area contributed by atoms with Crippen LogP contribution in [0.2, 0.25) is 0 Å². The molecule has 1 aromatic rings. The van der Waals surface area contributed by atoms with E-state index in [-0.39, 0.29) is 22.6 Å². The predicted octanol–water partition coefficient (Wildman–Crippen LogP) is 3.79. The summed E-state index contributed by atoms with van der Waals surface area (Å²) in [6.45, 7) is 10.3. The molecule has 164 valence electrons. The van der Waals surface area contributed by atoms with Crippen LogP contribution in [-0.4, -0.2) is 60.0 Å². The average Bonchev–Trinajstić information content (AvgIpc) is 3.03. The molecule has 3 aliphatic heterocycles. The first-order valence-corrected chi connectivity index (χ1v) is 11.7. The van der Waals surface area contributed by atoms with Crippen LogP contribution in [0.1, 0.15) is 45.2 Å². The monoisotopic (exact) mass is 477 g/mol. The molecule has 0 spiro atoms. The Morgan fingerprint density at radius 2 is 2.17 bits per heavy atom. The predicted molar refractivity (Wildman–Crippen MR) is 123 cm³/mol. The van der Waals surface area contributed by atoms with Crippen molar-refractivity contribution in [2.24, 2.45) is 10.9 Å². The third-order valence-electron chi connectivity index (χ3n) is 6.31. The van der Waals surface area contributed by atoms with E-state index in [9.17, 15) is 4.79 Å². The molecule has 0 aromatic heterocycles. The lowest BCUT2D eigenvalue weighted by Gasteiger charge is -2.43. The number of hydrogen-bond acceptors (Lipinski definition) is 5. The fraction of sp³-hybridized carbons (Fsp3) is 0.652. The number of morpholine rings is 1. The molecule has 0 aliphatic carbocycles. The zero-order valence-corrected chi connectivity index (χ0v) is 20.2. The molecular formula is C23H32BrN3O3. The van der Waals surface area contributed by atoms with Crippen LogP contribution in [0, 0.1) is 5.92 Å². The minimum absolute atomic E-state index is 0.00619. The SMILES string of the molecule is COc1cc2c(cc1CC(C)C)N1C(Br)N=C(C(=O)N3CCOCC3(C)C)C1CC2. The Kier molecular flexibility index (Phi) is 5.88. The van der Waals surface area contributed by atoms with Crippen LogP contribution in [0.15, 0.2) is 17.1 Å². The third kappa shape index (κ3) is 3.75. The Morgan fingerprint density at radius 1 is 1.40 bits per heavy atom. The molecule has 6 nitrogen and oxygen atoms in total. The summed E-state index contributed by atoms with van der Waals surface area (Å²) in [6, 6.07) is 4.41. The summed E-state index contributed by atoms with van der Waals surface area (Å²) in [6.07, 6.45) is 2.74. The molecule has 0 N–H and O–H groups in total. The molecule has 7 heteroatoms. The summed E-state index contributed by atoms with van der Waals surface area (Å²) in [5.41, 5.74) is 3.98. The van der Waals surface area contributed by atoms with Gasteiger partial charge in [-0.25, -0.2) is 4.99 Å². The molecule has 2 unspecified atom stereocenters. The van der Waals surface area contributed by atoms with E-state index in [1.807, 2.05) is 4.90 Å². The van der Waals surface area contributed by atoms with Gasteiger partial charge in [0.1, 0.15) is 11.5 Å². The van der Waals surface area contributed by atoms with E-state index in [0.29, 0.717) is 31.4 Å². The van der Waals surface area contributed by atoms with Crippen LogP contribution < -0.4 is 9.64 Å². The lowest BCUT2D eigenvalue weighted by Crippen LogP contribution is -2.59. The van der Waals surface area contributed by atoms with Gasteiger partial charge in [0.2, 0.25) is 0 Å². The van der Waals surface area contributed by atoms with Crippen LogP contribution in [0.5, 0.6) is 5.75 Å². The van der Waals surface area contributed by atoms with Gasteiger partial charge >= 0.3 is 0 Å². The van der Waals surface area contributed by atoms with Gasteiger partial charge < -0.3 is 19.3 Å². The van der Waals surface area contributed by atoms with Crippen LogP contribution in [0.4, 0.5) is 5.69 Å². The number of aryl methyl sites for hydroxylation is 1. The summed E-state index contributed by atoms with van der Waals surface area (Å²) in [7, 11) is 1.74. The number of nitrogens with zero attached hydrogens (tertiary/aromatic N) is 3. The summed E-state index contributed by atoms with van der Waals surface area (Å²) in [5.74, 6) is 1.53. The van der Waals surface area contributed by atoms with Crippen molar-refractivity contribution in [2.45, 2.75) is 63.6 Å². The number of ether oxygens (including phenoxy) is 2. The minimum atomic E-state index is -0.322. The first-order valence-electron chi connectivity index (χ1n) is 10.8. The average molecular weight is 478 g/mol. The van der Waals surface area contributed by atoms with Crippen molar-refractivity contribution in [1.82, 2.24) is 4.90 Å². The highest BCUT2D eigenvalue weighted by atomic mass is 79.9. The second-order valence-corrected chi connectivity index (χ2v) is 10.3. The first-order chi connectivity index (χ1) is 14.2. The molecule has 0 saturated carbocycles. The highest BCUT2D eigenvalue weighted by Crippen LogP contribution is 2.42. The lowest BCUT2D eigenvalue weighted by atomic mass is 9.90. The topological polar surface area (TPSA) is 54.4 Å². The number of carbonyl (C=O) groups excluding carboxylic acids is 1. The number of methoxy groups -OCH3 is 1. The Labute approximate surface area is 187 Å². The van der Waals surface area contributed by atoms with Gasteiger partial charge in [0.15, 0.2) is 5.08 Å². The van der Waals surface area contributed by atoms with Crippen molar-refractivity contribution in [1.29, 1.82) is 0 Å². The highest BCUT2D eigenvalue weighted by molar-refractivity contribution is 9.09. The maximum atomic E-state index is 13.5. The molecule has 0 bridgehead atoms. The summed E-state index contributed by atoms with van der Waals surface area (Å²) < 4.78 is 11.3. The van der Waals surface area contributed by atoms with Gasteiger partial charge in [0.25, 0.3) is 5.91 Å². The van der Waals surface area contributed by atoms with Gasteiger partial charge in [-0.1, -0.05) is 13.8 Å². The Bertz CT molecular complexity index is 867. The zero-order valence-electron chi connectivity index (χ0n) is 18.6. The van der Waals surface area contributed by atoms with Crippen molar-refractivity contribution >= 4 is 33.2 Å². The van der Waals surface area contributed by atoms with E-state index in [0.717, 1.165) is 30.7 Å². The van der Waals surface area contributed by atoms with Gasteiger partial charge in [-0.15, -0.1) is 0 Å². The molecule has 1 saturated heterocycles. The van der Waals surface area contributed by atoms with Crippen molar-refractivity contribution in [2.75, 3.05) is 31.8 Å². The molecule has 4 rings (SSSR count). The van der Waals surface area contributed by atoms with Crippen molar-refractivity contribution in [3.05, 3.63) is 23.3 Å². The minimum Gasteiger partial charge on any atom is -0.496 e. The van der Waals surface area contributed by atoms with Gasteiger partial charge in [-0.2, -0.15) is 0 Å². The van der Waals surface area contributed by atoms with Crippen LogP contribution in [-0.2, 0) is 22.4 Å². The van der Waals surface area contributed by atoms with E-state index < -0.39 is 0 Å². The number of amides is 1. The Balaban J connectivity index is 1.66. The highest BCUT2D eigenvalue weighted by Gasteiger charge is 2.45. The maximum absolute atomic E-state index is 13.5. The third-order valence-corrected chi connectivity index (χ3v) is 6.96. The van der Waals surface area contributed by atoms with Crippen LogP contribution in [0.25, 0.3) is 0 Å². The molecular weight excluding hydrogens is 446 g/mol. The number of fused-ring (bicyclic) bond motifs is 3. The van der Waals surface area contributed by atoms with Gasteiger partial charge in [-0.3, -0.25) is 4.79 Å². The molecule has 2 atom stereocenters. The molecule has 3 heterocycles. The summed E-state index contributed by atoms with van der Waals surface area (Å²) >= 11 is 3.73. The molecule has 1 aromatic carbocycles. The second-order valence-electron chi connectivity index (χ2n) is 9.50. The fourth-order valence-electron chi connectivity index (χ4n) is 4.85. The summed E-state index contributed by atoms with van der Waals surface area (Å²) in [5, 5.41) is -0.232. The van der Waals surface area contributed by atoms with E-state index >= 15 is 0 Å². The largest absolute Gasteiger partial charge is 0.496 e. The molecule has 1 fully saturated rings. The number of rotatable bonds is 4. The fourth-order valence-corrected chi connectivity index (χ4v) is 5.58. The molecule has 0 radical (unpaired) electrons. The van der Waals surface area contributed by atoms with Gasteiger partial charge in [-0.05, 0) is 78.2 Å². The molecule has 30 heavy (non-hydrogen) atoms. The number of benzene rings is 1. The van der Waals surface area contributed by atoms with Crippen LogP contribution >= 0.6 is 15.9 Å². The second kappa shape index (κ2) is 8.15. The number of aliphatic imine (C=N–C) groups is 1. The first kappa shape index (κ1) is 21.6. The Hall–Kier alpha value is -1.60. The van der Waals surface area contributed by atoms with Crippen molar-refractivity contribution in [3.63, 3.8) is 0 Å².